The molecule has 0 heterocycles. The van der Waals surface area contributed by atoms with Gasteiger partial charge >= 0.3 is 0 Å². The van der Waals surface area contributed by atoms with E-state index in [1.54, 1.807) is 31.2 Å². The Morgan fingerprint density at radius 2 is 2.07 bits per heavy atom. The van der Waals surface area contributed by atoms with Crippen LogP contribution >= 0.6 is 0 Å². The zero-order chi connectivity index (χ0) is 11.4. The molecule has 0 aliphatic heterocycles. The first-order valence-corrected chi connectivity index (χ1v) is 4.50. The molecule has 4 nitrogen and oxygen atoms in total. The third-order valence-corrected chi connectivity index (χ3v) is 2.24. The zero-order valence-corrected chi connectivity index (χ0v) is 8.64. The lowest BCUT2D eigenvalue weighted by atomic mass is 10.00. The summed E-state index contributed by atoms with van der Waals surface area (Å²) in [4.78, 5) is 0. The van der Waals surface area contributed by atoms with Crippen molar-refractivity contribution < 1.29 is 14.9 Å². The van der Waals surface area contributed by atoms with Crippen LogP contribution in [0.4, 0.5) is 0 Å². The highest BCUT2D eigenvalue weighted by atomic mass is 16.5. The molecule has 1 aromatic carbocycles. The molecule has 1 rings (SSSR count). The zero-order valence-electron chi connectivity index (χ0n) is 8.64. The molecule has 2 unspecified atom stereocenters. The lowest BCUT2D eigenvalue weighted by Crippen LogP contribution is -2.16. The molecule has 0 saturated carbocycles. The largest absolute Gasteiger partial charge is 0.497 e. The van der Waals surface area contributed by atoms with Gasteiger partial charge in [0.15, 0.2) is 6.10 Å². The van der Waals surface area contributed by atoms with E-state index in [0.29, 0.717) is 11.3 Å². The van der Waals surface area contributed by atoms with E-state index in [0.717, 1.165) is 5.56 Å². The van der Waals surface area contributed by atoms with Crippen LogP contribution in [-0.4, -0.2) is 23.4 Å². The fourth-order valence-electron chi connectivity index (χ4n) is 1.30. The molecular weight excluding hydrogens is 194 g/mol. The summed E-state index contributed by atoms with van der Waals surface area (Å²) < 4.78 is 5.00. The van der Waals surface area contributed by atoms with Crippen molar-refractivity contribution in [3.63, 3.8) is 0 Å². The molecule has 0 bridgehead atoms. The summed E-state index contributed by atoms with van der Waals surface area (Å²) in [5, 5.41) is 27.4. The normalized spacial score (nSPS) is 14.1. The average Bonchev–Trinajstić information content (AvgIpc) is 2.27. The van der Waals surface area contributed by atoms with Crippen molar-refractivity contribution in [2.24, 2.45) is 0 Å². The molecule has 4 heteroatoms. The van der Waals surface area contributed by atoms with Gasteiger partial charge in [0.05, 0.1) is 13.2 Å². The van der Waals surface area contributed by atoms with Crippen molar-refractivity contribution in [3.8, 4) is 11.8 Å². The number of aliphatic hydroxyl groups excluding tert-OH is 2. The number of rotatable bonds is 3. The van der Waals surface area contributed by atoms with Crippen LogP contribution in [-0.2, 0) is 0 Å². The van der Waals surface area contributed by atoms with Crippen LogP contribution in [0.15, 0.2) is 18.2 Å². The Morgan fingerprint density at radius 3 is 2.60 bits per heavy atom. The second kappa shape index (κ2) is 4.78. The Morgan fingerprint density at radius 1 is 1.40 bits per heavy atom. The SMILES string of the molecule is COc1ccc(C)c(C(O)C(O)C#N)c1. The Labute approximate surface area is 88.4 Å². The lowest BCUT2D eigenvalue weighted by Gasteiger charge is -2.15. The number of benzene rings is 1. The molecule has 0 spiro atoms. The number of nitrogens with zero attached hydrogens (tertiary/aromatic N) is 1. The van der Waals surface area contributed by atoms with Crippen molar-refractivity contribution >= 4 is 0 Å². The fourth-order valence-corrected chi connectivity index (χ4v) is 1.30. The maximum atomic E-state index is 9.66. The van der Waals surface area contributed by atoms with Crippen molar-refractivity contribution in [3.05, 3.63) is 29.3 Å². The van der Waals surface area contributed by atoms with Gasteiger partial charge in [0.2, 0.25) is 0 Å². The van der Waals surface area contributed by atoms with E-state index in [2.05, 4.69) is 0 Å². The smallest absolute Gasteiger partial charge is 0.170 e. The van der Waals surface area contributed by atoms with E-state index in [1.165, 1.54) is 7.11 Å². The van der Waals surface area contributed by atoms with Crippen LogP contribution < -0.4 is 4.74 Å². The number of hydrogen-bond acceptors (Lipinski definition) is 4. The highest BCUT2D eigenvalue weighted by Gasteiger charge is 2.19. The van der Waals surface area contributed by atoms with Gasteiger partial charge in [-0.2, -0.15) is 5.26 Å². The first-order valence-electron chi connectivity index (χ1n) is 4.50. The Balaban J connectivity index is 3.07. The summed E-state index contributed by atoms with van der Waals surface area (Å²) >= 11 is 0. The minimum Gasteiger partial charge on any atom is -0.497 e. The van der Waals surface area contributed by atoms with Gasteiger partial charge < -0.3 is 14.9 Å². The second-order valence-electron chi connectivity index (χ2n) is 3.24. The number of aryl methyl sites for hydroxylation is 1. The molecule has 0 amide bonds. The summed E-state index contributed by atoms with van der Waals surface area (Å²) in [7, 11) is 1.52. The summed E-state index contributed by atoms with van der Waals surface area (Å²) in [5.41, 5.74) is 1.31. The number of methoxy groups -OCH3 is 1. The van der Waals surface area contributed by atoms with Crippen molar-refractivity contribution in [2.45, 2.75) is 19.1 Å². The average molecular weight is 207 g/mol. The lowest BCUT2D eigenvalue weighted by molar-refractivity contribution is 0.0522. The number of nitriles is 1. The summed E-state index contributed by atoms with van der Waals surface area (Å²) in [6.07, 6.45) is -2.62. The van der Waals surface area contributed by atoms with Gasteiger partial charge in [-0.05, 0) is 30.2 Å². The molecule has 0 aromatic heterocycles. The minimum absolute atomic E-state index is 0.503. The van der Waals surface area contributed by atoms with Crippen LogP contribution in [0.25, 0.3) is 0 Å². The molecular formula is C11H13NO3. The summed E-state index contributed by atoms with van der Waals surface area (Å²) in [6, 6.07) is 6.72. The molecule has 0 fully saturated rings. The first-order chi connectivity index (χ1) is 7.10. The van der Waals surface area contributed by atoms with E-state index in [9.17, 15) is 10.2 Å². The van der Waals surface area contributed by atoms with Gasteiger partial charge in [-0.3, -0.25) is 0 Å². The van der Waals surface area contributed by atoms with Gasteiger partial charge in [0.1, 0.15) is 11.9 Å². The summed E-state index contributed by atoms with van der Waals surface area (Å²) in [5.74, 6) is 0.583. The van der Waals surface area contributed by atoms with E-state index in [1.807, 2.05) is 0 Å². The number of hydrogen-bond donors (Lipinski definition) is 2. The highest BCUT2D eigenvalue weighted by Crippen LogP contribution is 2.25. The molecule has 2 atom stereocenters. The monoisotopic (exact) mass is 207 g/mol. The molecule has 0 aliphatic rings. The highest BCUT2D eigenvalue weighted by molar-refractivity contribution is 5.37. The second-order valence-corrected chi connectivity index (χ2v) is 3.24. The first kappa shape index (κ1) is 11.5. The van der Waals surface area contributed by atoms with E-state index in [-0.39, 0.29) is 0 Å². The van der Waals surface area contributed by atoms with E-state index >= 15 is 0 Å². The quantitative estimate of drug-likeness (QED) is 0.723. The van der Waals surface area contributed by atoms with Gasteiger partial charge in [0.25, 0.3) is 0 Å². The number of ether oxygens (including phenoxy) is 1. The molecule has 0 radical (unpaired) electrons. The van der Waals surface area contributed by atoms with Crippen molar-refractivity contribution in [1.29, 1.82) is 5.26 Å². The van der Waals surface area contributed by atoms with Gasteiger partial charge in [0, 0.05) is 0 Å². The Hall–Kier alpha value is -1.57. The van der Waals surface area contributed by atoms with Crippen molar-refractivity contribution in [1.82, 2.24) is 0 Å². The maximum Gasteiger partial charge on any atom is 0.170 e. The van der Waals surface area contributed by atoms with Gasteiger partial charge in [-0.25, -0.2) is 0 Å². The van der Waals surface area contributed by atoms with Gasteiger partial charge in [-0.15, -0.1) is 0 Å². The van der Waals surface area contributed by atoms with Crippen LogP contribution in [0.1, 0.15) is 17.2 Å². The van der Waals surface area contributed by atoms with E-state index in [4.69, 9.17) is 10.00 Å². The third-order valence-electron chi connectivity index (χ3n) is 2.24. The van der Waals surface area contributed by atoms with Crippen LogP contribution in [0.3, 0.4) is 0 Å². The topological polar surface area (TPSA) is 73.5 Å². The molecule has 15 heavy (non-hydrogen) atoms. The molecule has 0 saturated heterocycles. The van der Waals surface area contributed by atoms with Crippen LogP contribution in [0, 0.1) is 18.3 Å². The molecule has 80 valence electrons. The predicted molar refractivity (Wildman–Crippen MR) is 54.3 cm³/mol. The van der Waals surface area contributed by atoms with Crippen molar-refractivity contribution in [2.75, 3.05) is 7.11 Å². The minimum atomic E-state index is -1.42. The maximum absolute atomic E-state index is 9.66. The molecule has 1 aromatic rings. The standard InChI is InChI=1S/C11H13NO3/c1-7-3-4-8(15-2)5-9(7)11(14)10(13)6-12/h3-5,10-11,13-14H,1-2H3. The predicted octanol–water partition coefficient (Wildman–Crippen LogP) is 0.921. The van der Waals surface area contributed by atoms with Crippen LogP contribution in [0.5, 0.6) is 5.75 Å². The van der Waals surface area contributed by atoms with E-state index < -0.39 is 12.2 Å². The Bertz CT molecular complexity index is 384. The molecule has 2 N–H and O–H groups in total. The van der Waals surface area contributed by atoms with Gasteiger partial charge in [-0.1, -0.05) is 6.07 Å². The van der Waals surface area contributed by atoms with Crippen LogP contribution in [0.2, 0.25) is 0 Å². The summed E-state index contributed by atoms with van der Waals surface area (Å²) in [6.45, 7) is 1.79. The fraction of sp³-hybridized carbons (Fsp3) is 0.364. The number of aliphatic hydroxyl groups is 2. The third kappa shape index (κ3) is 2.46. The molecule has 0 aliphatic carbocycles. The Kier molecular flexibility index (Phi) is 3.67.